The van der Waals surface area contributed by atoms with Gasteiger partial charge in [0.1, 0.15) is 18.3 Å². The van der Waals surface area contributed by atoms with Crippen LogP contribution in [0.2, 0.25) is 0 Å². The minimum absolute atomic E-state index is 0.0613. The third kappa shape index (κ3) is 1.68. The number of ketones is 1. The summed E-state index contributed by atoms with van der Waals surface area (Å²) in [6, 6.07) is 0. The fourth-order valence-corrected chi connectivity index (χ4v) is 2.47. The van der Waals surface area contributed by atoms with Gasteiger partial charge in [0.25, 0.3) is 0 Å². The number of carbonyl (C=O) groups is 1. The fraction of sp³-hybridized carbons (Fsp3) is 0.615. The minimum atomic E-state index is -0.605. The molecule has 2 aliphatic heterocycles. The van der Waals surface area contributed by atoms with Crippen molar-refractivity contribution in [2.24, 2.45) is 0 Å². The zero-order chi connectivity index (χ0) is 12.2. The van der Waals surface area contributed by atoms with E-state index in [1.54, 1.807) is 0 Å². The van der Waals surface area contributed by atoms with Gasteiger partial charge in [-0.05, 0) is 26.3 Å². The second-order valence-electron chi connectivity index (χ2n) is 5.05. The summed E-state index contributed by atoms with van der Waals surface area (Å²) in [6.45, 7) is 6.10. The molecule has 3 rings (SSSR count). The lowest BCUT2D eigenvalue weighted by Gasteiger charge is -2.39. The van der Waals surface area contributed by atoms with E-state index in [2.05, 4.69) is 0 Å². The van der Waals surface area contributed by atoms with E-state index in [0.29, 0.717) is 12.2 Å². The Kier molecular flexibility index (Phi) is 2.30. The molecule has 0 saturated carbocycles. The monoisotopic (exact) mass is 236 g/mol. The molecule has 0 N–H and O–H groups in total. The molecule has 2 saturated heterocycles. The number of rotatable bonds is 1. The Morgan fingerprint density at radius 1 is 1.35 bits per heavy atom. The lowest BCUT2D eigenvalue weighted by Crippen LogP contribution is -2.47. The third-order valence-electron chi connectivity index (χ3n) is 3.36. The van der Waals surface area contributed by atoms with Gasteiger partial charge in [-0.15, -0.1) is 0 Å². The average Bonchev–Trinajstić information content (AvgIpc) is 3.03. The van der Waals surface area contributed by atoms with Crippen LogP contribution in [0.25, 0.3) is 0 Å². The van der Waals surface area contributed by atoms with Gasteiger partial charge in [0.15, 0.2) is 11.6 Å². The molecule has 4 nitrogen and oxygen atoms in total. The van der Waals surface area contributed by atoms with Crippen molar-refractivity contribution in [3.8, 4) is 0 Å². The van der Waals surface area contributed by atoms with E-state index in [9.17, 15) is 4.79 Å². The molecule has 0 radical (unpaired) electrons. The van der Waals surface area contributed by atoms with Crippen LogP contribution < -0.4 is 0 Å². The summed E-state index contributed by atoms with van der Waals surface area (Å²) < 4.78 is 16.9. The van der Waals surface area contributed by atoms with Crippen LogP contribution >= 0.6 is 0 Å². The lowest BCUT2D eigenvalue weighted by atomic mass is 9.87. The molecule has 3 atom stereocenters. The van der Waals surface area contributed by atoms with E-state index < -0.39 is 5.79 Å². The normalized spacial score (nSPS) is 39.2. The molecule has 0 bridgehead atoms. The minimum Gasteiger partial charge on any atom is -0.358 e. The second kappa shape index (κ2) is 3.51. The van der Waals surface area contributed by atoms with Gasteiger partial charge in [0.2, 0.25) is 0 Å². The second-order valence-corrected chi connectivity index (χ2v) is 5.05. The number of Topliss-reactive ketones (excluding diaryl/α,β-unsaturated/α-hetero) is 1. The van der Waals surface area contributed by atoms with E-state index in [1.165, 1.54) is 0 Å². The Balaban J connectivity index is 2.00. The van der Waals surface area contributed by atoms with Crippen molar-refractivity contribution >= 4 is 5.78 Å². The molecule has 2 heterocycles. The zero-order valence-corrected chi connectivity index (χ0v) is 10.2. The first-order valence-electron chi connectivity index (χ1n) is 5.91. The Morgan fingerprint density at radius 2 is 2.12 bits per heavy atom. The average molecular weight is 236 g/mol. The highest BCUT2D eigenvalue weighted by Crippen LogP contribution is 2.43. The van der Waals surface area contributed by atoms with Crippen molar-refractivity contribution in [1.82, 2.24) is 0 Å². The summed E-state index contributed by atoms with van der Waals surface area (Å²) in [6.07, 6.45) is 3.15. The third-order valence-corrected chi connectivity index (χ3v) is 3.36. The molecule has 3 aliphatic rings. The topological polar surface area (TPSA) is 48.1 Å². The van der Waals surface area contributed by atoms with Gasteiger partial charge >= 0.3 is 0 Å². The maximum absolute atomic E-state index is 12.0. The molecule has 0 aromatic rings. The highest BCUT2D eigenvalue weighted by molar-refractivity contribution is 6.05. The summed E-state index contributed by atoms with van der Waals surface area (Å²) in [7, 11) is 0. The molecular formula is C13H16O4. The SMILES string of the molecule is C/C=C/C1=C2COC(C)(C)O[C@H]2[C@@H]2O[C@@H]2C1=O. The molecule has 2 fully saturated rings. The van der Waals surface area contributed by atoms with Crippen LogP contribution in [0.1, 0.15) is 20.8 Å². The number of allylic oxidation sites excluding steroid dienone is 2. The Bertz CT molecular complexity index is 433. The Hall–Kier alpha value is -0.970. The van der Waals surface area contributed by atoms with E-state index in [-0.39, 0.29) is 24.1 Å². The number of hydrogen-bond acceptors (Lipinski definition) is 4. The van der Waals surface area contributed by atoms with E-state index in [0.717, 1.165) is 5.57 Å². The highest BCUT2D eigenvalue weighted by Gasteiger charge is 2.58. The largest absolute Gasteiger partial charge is 0.358 e. The summed E-state index contributed by atoms with van der Waals surface area (Å²) in [5.41, 5.74) is 1.62. The van der Waals surface area contributed by atoms with Crippen LogP contribution in [-0.2, 0) is 19.0 Å². The van der Waals surface area contributed by atoms with Crippen LogP contribution in [0, 0.1) is 0 Å². The smallest absolute Gasteiger partial charge is 0.194 e. The van der Waals surface area contributed by atoms with Gasteiger partial charge in [-0.25, -0.2) is 0 Å². The van der Waals surface area contributed by atoms with Crippen molar-refractivity contribution in [2.75, 3.05) is 6.61 Å². The maximum atomic E-state index is 12.0. The first-order chi connectivity index (χ1) is 8.03. The predicted molar refractivity (Wildman–Crippen MR) is 60.4 cm³/mol. The first kappa shape index (κ1) is 11.1. The highest BCUT2D eigenvalue weighted by atomic mass is 16.7. The number of ether oxygens (including phenoxy) is 3. The molecule has 0 spiro atoms. The van der Waals surface area contributed by atoms with E-state index in [1.807, 2.05) is 32.9 Å². The van der Waals surface area contributed by atoms with Gasteiger partial charge < -0.3 is 14.2 Å². The Morgan fingerprint density at radius 3 is 2.82 bits per heavy atom. The van der Waals surface area contributed by atoms with E-state index in [4.69, 9.17) is 14.2 Å². The van der Waals surface area contributed by atoms with Crippen molar-refractivity contribution < 1.29 is 19.0 Å². The van der Waals surface area contributed by atoms with Crippen molar-refractivity contribution in [3.05, 3.63) is 23.3 Å². The van der Waals surface area contributed by atoms with Gasteiger partial charge in [-0.1, -0.05) is 12.2 Å². The molecule has 0 amide bonds. The summed E-state index contributed by atoms with van der Waals surface area (Å²) >= 11 is 0. The zero-order valence-electron chi connectivity index (χ0n) is 10.2. The number of epoxide rings is 1. The fourth-order valence-electron chi connectivity index (χ4n) is 2.47. The van der Waals surface area contributed by atoms with Crippen LogP contribution in [0.4, 0.5) is 0 Å². The van der Waals surface area contributed by atoms with Gasteiger partial charge in [0.05, 0.1) is 6.61 Å². The van der Waals surface area contributed by atoms with Crippen molar-refractivity contribution in [3.63, 3.8) is 0 Å². The van der Waals surface area contributed by atoms with Crippen LogP contribution in [0.5, 0.6) is 0 Å². The summed E-state index contributed by atoms with van der Waals surface area (Å²) in [5, 5.41) is 0. The molecule has 0 aromatic heterocycles. The molecule has 1 aliphatic carbocycles. The van der Waals surface area contributed by atoms with Crippen molar-refractivity contribution in [1.29, 1.82) is 0 Å². The van der Waals surface area contributed by atoms with Crippen molar-refractivity contribution in [2.45, 2.75) is 44.9 Å². The predicted octanol–water partition coefficient (Wildman–Crippen LogP) is 1.36. The van der Waals surface area contributed by atoms with Crippen LogP contribution in [0.15, 0.2) is 23.3 Å². The number of hydrogen-bond donors (Lipinski definition) is 0. The summed E-state index contributed by atoms with van der Waals surface area (Å²) in [5.74, 6) is -0.544. The summed E-state index contributed by atoms with van der Waals surface area (Å²) in [4.78, 5) is 12.0. The lowest BCUT2D eigenvalue weighted by molar-refractivity contribution is -0.255. The first-order valence-corrected chi connectivity index (χ1v) is 5.91. The molecule has 0 aromatic carbocycles. The standard InChI is InChI=1S/C13H16O4/c1-4-5-7-8-6-15-13(2,3)17-10(8)12-11(16-12)9(7)14/h4-5,10-12H,6H2,1-3H3/b5-4+/t10-,11-,12+/m1/s1. The molecule has 17 heavy (non-hydrogen) atoms. The number of fused-ring (bicyclic) bond motifs is 3. The van der Waals surface area contributed by atoms with Gasteiger partial charge in [-0.2, -0.15) is 0 Å². The molecule has 0 unspecified atom stereocenters. The maximum Gasteiger partial charge on any atom is 0.194 e. The Labute approximate surface area is 100 Å². The molecule has 4 heteroatoms. The van der Waals surface area contributed by atoms with Gasteiger partial charge in [0, 0.05) is 5.57 Å². The van der Waals surface area contributed by atoms with Gasteiger partial charge in [-0.3, -0.25) is 4.79 Å². The van der Waals surface area contributed by atoms with Crippen LogP contribution in [0.3, 0.4) is 0 Å². The quantitative estimate of drug-likeness (QED) is 0.645. The van der Waals surface area contributed by atoms with Crippen LogP contribution in [-0.4, -0.2) is 36.5 Å². The molecular weight excluding hydrogens is 220 g/mol. The number of carbonyl (C=O) groups excluding carboxylic acids is 1. The van der Waals surface area contributed by atoms with E-state index >= 15 is 0 Å². The molecule has 92 valence electrons.